The molecule has 142 valence electrons. The molecule has 1 heterocycles. The van der Waals surface area contributed by atoms with Crippen molar-refractivity contribution in [2.45, 2.75) is 38.6 Å². The minimum atomic E-state index is -3.53. The molecule has 2 N–H and O–H groups in total. The van der Waals surface area contributed by atoms with Crippen molar-refractivity contribution in [3.8, 4) is 0 Å². The highest BCUT2D eigenvalue weighted by Gasteiger charge is 2.32. The van der Waals surface area contributed by atoms with Crippen LogP contribution in [0.25, 0.3) is 0 Å². The third-order valence-corrected chi connectivity index (χ3v) is 6.73. The first kappa shape index (κ1) is 21.9. The second kappa shape index (κ2) is 8.49. The Kier molecular flexibility index (Phi) is 7.43. The van der Waals surface area contributed by atoms with Gasteiger partial charge >= 0.3 is 0 Å². The standard InChI is InChI=1S/C17H27N3O3S.ClH/c1-12-5-6-13(2)16(11-12)24(22,23)20-9-7-19(8-10-20)17(21)14(3)15(4)18;/h5-6,11,14-15H,7-10,18H2,1-4H3;1H. The van der Waals surface area contributed by atoms with Crippen molar-refractivity contribution in [1.82, 2.24) is 9.21 Å². The van der Waals surface area contributed by atoms with E-state index >= 15 is 0 Å². The number of hydrogen-bond acceptors (Lipinski definition) is 4. The molecule has 1 aromatic rings. The first-order valence-electron chi connectivity index (χ1n) is 8.26. The lowest BCUT2D eigenvalue weighted by atomic mass is 10.0. The van der Waals surface area contributed by atoms with Gasteiger partial charge in [-0.05, 0) is 38.0 Å². The van der Waals surface area contributed by atoms with Gasteiger partial charge in [0.2, 0.25) is 15.9 Å². The number of piperazine rings is 1. The molecule has 0 spiro atoms. The van der Waals surface area contributed by atoms with Gasteiger partial charge in [-0.2, -0.15) is 4.31 Å². The highest BCUT2D eigenvalue weighted by molar-refractivity contribution is 7.89. The molecule has 0 bridgehead atoms. The predicted molar refractivity (Wildman–Crippen MR) is 101 cm³/mol. The molecule has 2 atom stereocenters. The van der Waals surface area contributed by atoms with Crippen molar-refractivity contribution in [2.24, 2.45) is 11.7 Å². The number of halogens is 1. The molecule has 8 heteroatoms. The maximum absolute atomic E-state index is 12.9. The molecule has 1 saturated heterocycles. The monoisotopic (exact) mass is 389 g/mol. The summed E-state index contributed by atoms with van der Waals surface area (Å²) in [5.74, 6) is -0.263. The largest absolute Gasteiger partial charge is 0.340 e. The molecule has 0 radical (unpaired) electrons. The van der Waals surface area contributed by atoms with Gasteiger partial charge in [-0.25, -0.2) is 8.42 Å². The Labute approximate surface area is 156 Å². The fourth-order valence-corrected chi connectivity index (χ4v) is 4.52. The summed E-state index contributed by atoms with van der Waals surface area (Å²) >= 11 is 0. The summed E-state index contributed by atoms with van der Waals surface area (Å²) in [5.41, 5.74) is 7.45. The zero-order valence-corrected chi connectivity index (χ0v) is 16.9. The maximum atomic E-state index is 12.9. The second-order valence-electron chi connectivity index (χ2n) is 6.65. The van der Waals surface area contributed by atoms with Gasteiger partial charge in [0, 0.05) is 32.2 Å². The van der Waals surface area contributed by atoms with E-state index in [2.05, 4.69) is 0 Å². The average molecular weight is 390 g/mol. The van der Waals surface area contributed by atoms with E-state index in [4.69, 9.17) is 5.73 Å². The van der Waals surface area contributed by atoms with Crippen LogP contribution in [-0.2, 0) is 14.8 Å². The highest BCUT2D eigenvalue weighted by Crippen LogP contribution is 2.23. The van der Waals surface area contributed by atoms with Crippen LogP contribution in [-0.4, -0.2) is 55.8 Å². The zero-order chi connectivity index (χ0) is 18.1. The first-order chi connectivity index (χ1) is 11.1. The van der Waals surface area contributed by atoms with Gasteiger partial charge in [-0.3, -0.25) is 4.79 Å². The molecule has 0 saturated carbocycles. The van der Waals surface area contributed by atoms with E-state index in [9.17, 15) is 13.2 Å². The van der Waals surface area contributed by atoms with Crippen molar-refractivity contribution in [3.63, 3.8) is 0 Å². The van der Waals surface area contributed by atoms with Crippen LogP contribution in [0.2, 0.25) is 0 Å². The lowest BCUT2D eigenvalue weighted by Gasteiger charge is -2.36. The third-order valence-electron chi connectivity index (χ3n) is 4.69. The molecule has 1 fully saturated rings. The van der Waals surface area contributed by atoms with Gasteiger partial charge in [-0.1, -0.05) is 19.1 Å². The van der Waals surface area contributed by atoms with Crippen LogP contribution < -0.4 is 5.73 Å². The van der Waals surface area contributed by atoms with Crippen LogP contribution >= 0.6 is 12.4 Å². The van der Waals surface area contributed by atoms with Crippen molar-refractivity contribution < 1.29 is 13.2 Å². The fraction of sp³-hybridized carbons (Fsp3) is 0.588. The summed E-state index contributed by atoms with van der Waals surface area (Å²) in [6.07, 6.45) is 0. The molecule has 6 nitrogen and oxygen atoms in total. The molecule has 2 rings (SSSR count). The van der Waals surface area contributed by atoms with E-state index in [0.29, 0.717) is 31.1 Å². The number of carbonyl (C=O) groups is 1. The number of carbonyl (C=O) groups excluding carboxylic acids is 1. The first-order valence-corrected chi connectivity index (χ1v) is 9.70. The molecule has 1 aromatic carbocycles. The van der Waals surface area contributed by atoms with Gasteiger partial charge in [-0.15, -0.1) is 12.4 Å². The van der Waals surface area contributed by atoms with E-state index < -0.39 is 10.0 Å². The third kappa shape index (κ3) is 4.73. The van der Waals surface area contributed by atoms with Crippen LogP contribution in [0, 0.1) is 19.8 Å². The second-order valence-corrected chi connectivity index (χ2v) is 8.55. The number of nitrogens with zero attached hydrogens (tertiary/aromatic N) is 2. The van der Waals surface area contributed by atoms with Crippen LogP contribution in [0.15, 0.2) is 23.1 Å². The van der Waals surface area contributed by atoms with Gasteiger partial charge in [0.1, 0.15) is 0 Å². The Bertz CT molecular complexity index is 714. The SMILES string of the molecule is Cc1ccc(C)c(S(=O)(=O)N2CCN(C(=O)C(C)C(C)N)CC2)c1.Cl. The van der Waals surface area contributed by atoms with E-state index in [1.165, 1.54) is 4.31 Å². The summed E-state index contributed by atoms with van der Waals surface area (Å²) in [6, 6.07) is 5.22. The average Bonchev–Trinajstić information content (AvgIpc) is 2.55. The number of rotatable bonds is 4. The minimum absolute atomic E-state index is 0. The number of aryl methyl sites for hydroxylation is 2. The Morgan fingerprint density at radius 3 is 2.20 bits per heavy atom. The van der Waals surface area contributed by atoms with E-state index in [-0.39, 0.29) is 30.3 Å². The molecule has 25 heavy (non-hydrogen) atoms. The lowest BCUT2D eigenvalue weighted by molar-refractivity contribution is -0.136. The number of hydrogen-bond donors (Lipinski definition) is 1. The quantitative estimate of drug-likeness (QED) is 0.846. The smallest absolute Gasteiger partial charge is 0.243 e. The molecule has 0 aromatic heterocycles. The van der Waals surface area contributed by atoms with Gasteiger partial charge in [0.25, 0.3) is 0 Å². The van der Waals surface area contributed by atoms with Crippen molar-refractivity contribution in [1.29, 1.82) is 0 Å². The Morgan fingerprint density at radius 1 is 1.12 bits per heavy atom. The van der Waals surface area contributed by atoms with Crippen molar-refractivity contribution >= 4 is 28.3 Å². The van der Waals surface area contributed by atoms with Crippen LogP contribution in [0.3, 0.4) is 0 Å². The fourth-order valence-electron chi connectivity index (χ4n) is 2.79. The van der Waals surface area contributed by atoms with E-state index in [1.807, 2.05) is 32.9 Å². The number of nitrogens with two attached hydrogens (primary N) is 1. The van der Waals surface area contributed by atoms with E-state index in [1.54, 1.807) is 17.9 Å². The number of benzene rings is 1. The number of sulfonamides is 1. The molecule has 0 aliphatic carbocycles. The van der Waals surface area contributed by atoms with Crippen LogP contribution in [0.4, 0.5) is 0 Å². The highest BCUT2D eigenvalue weighted by atomic mass is 35.5. The van der Waals surface area contributed by atoms with Gasteiger partial charge in [0.05, 0.1) is 10.8 Å². The summed E-state index contributed by atoms with van der Waals surface area (Å²) in [7, 11) is -3.53. The normalized spacial score (nSPS) is 18.4. The molecular formula is C17H28ClN3O3S. The van der Waals surface area contributed by atoms with Crippen molar-refractivity contribution in [3.05, 3.63) is 29.3 Å². The minimum Gasteiger partial charge on any atom is -0.340 e. The summed E-state index contributed by atoms with van der Waals surface area (Å²) in [4.78, 5) is 14.4. The Hall–Kier alpha value is -1.15. The molecule has 1 amide bonds. The lowest BCUT2D eigenvalue weighted by Crippen LogP contribution is -2.53. The molecular weight excluding hydrogens is 362 g/mol. The summed E-state index contributed by atoms with van der Waals surface area (Å²) in [6.45, 7) is 8.73. The molecule has 2 unspecified atom stereocenters. The molecule has 1 aliphatic heterocycles. The molecule has 1 aliphatic rings. The summed E-state index contributed by atoms with van der Waals surface area (Å²) in [5, 5.41) is 0. The number of amides is 1. The summed E-state index contributed by atoms with van der Waals surface area (Å²) < 4.78 is 27.2. The van der Waals surface area contributed by atoms with Crippen molar-refractivity contribution in [2.75, 3.05) is 26.2 Å². The maximum Gasteiger partial charge on any atom is 0.243 e. The van der Waals surface area contributed by atoms with E-state index in [0.717, 1.165) is 11.1 Å². The Balaban J connectivity index is 0.00000312. The predicted octanol–water partition coefficient (Wildman–Crippen LogP) is 1.54. The van der Waals surface area contributed by atoms with Gasteiger partial charge < -0.3 is 10.6 Å². The zero-order valence-electron chi connectivity index (χ0n) is 15.2. The van der Waals surface area contributed by atoms with Gasteiger partial charge in [0.15, 0.2) is 0 Å². The Morgan fingerprint density at radius 2 is 1.68 bits per heavy atom. The topological polar surface area (TPSA) is 83.7 Å². The van der Waals surface area contributed by atoms with Crippen LogP contribution in [0.5, 0.6) is 0 Å². The van der Waals surface area contributed by atoms with Crippen LogP contribution in [0.1, 0.15) is 25.0 Å².